The molecule has 0 spiro atoms. The van der Waals surface area contributed by atoms with Crippen LogP contribution in [0.2, 0.25) is 5.02 Å². The van der Waals surface area contributed by atoms with Crippen LogP contribution in [0.3, 0.4) is 0 Å². The molecule has 0 bridgehead atoms. The fourth-order valence-electron chi connectivity index (χ4n) is 4.91. The van der Waals surface area contributed by atoms with E-state index >= 15 is 0 Å². The molecule has 1 N–H and O–H groups in total. The van der Waals surface area contributed by atoms with Crippen molar-refractivity contribution in [3.8, 4) is 11.3 Å². The summed E-state index contributed by atoms with van der Waals surface area (Å²) in [5, 5.41) is 4.40. The van der Waals surface area contributed by atoms with Gasteiger partial charge in [-0.05, 0) is 50.1 Å². The molecular formula is C21H22ClN3O. The molecule has 134 valence electrons. The van der Waals surface area contributed by atoms with Gasteiger partial charge in [0.1, 0.15) is 5.65 Å². The van der Waals surface area contributed by atoms with E-state index in [1.54, 1.807) is 0 Å². The topological polar surface area (TPSA) is 38.6 Å². The highest BCUT2D eigenvalue weighted by atomic mass is 35.5. The summed E-state index contributed by atoms with van der Waals surface area (Å²) >= 11 is 6.74. The van der Waals surface area contributed by atoms with Gasteiger partial charge in [0.2, 0.25) is 0 Å². The van der Waals surface area contributed by atoms with Gasteiger partial charge in [0.25, 0.3) is 0 Å². The van der Waals surface area contributed by atoms with Crippen molar-refractivity contribution >= 4 is 22.9 Å². The van der Waals surface area contributed by atoms with Crippen LogP contribution >= 0.6 is 11.6 Å². The van der Waals surface area contributed by atoms with Crippen molar-refractivity contribution in [3.05, 3.63) is 53.3 Å². The second-order valence-electron chi connectivity index (χ2n) is 8.21. The Bertz CT molecular complexity index is 1030. The molecule has 4 heterocycles. The molecule has 0 radical (unpaired) electrons. The number of nitrogens with zero attached hydrogens (tertiary/aromatic N) is 2. The molecule has 2 unspecified atom stereocenters. The van der Waals surface area contributed by atoms with Crippen LogP contribution in [0, 0.1) is 0 Å². The third-order valence-corrected chi connectivity index (χ3v) is 6.34. The Labute approximate surface area is 158 Å². The zero-order valence-electron chi connectivity index (χ0n) is 15.2. The summed E-state index contributed by atoms with van der Waals surface area (Å²) in [5.41, 5.74) is 5.25. The summed E-state index contributed by atoms with van der Waals surface area (Å²) in [5.74, 6) is 0. The first kappa shape index (κ1) is 16.2. The van der Waals surface area contributed by atoms with Crippen LogP contribution in [0.1, 0.15) is 32.8 Å². The highest BCUT2D eigenvalue weighted by Crippen LogP contribution is 2.52. The molecular weight excluding hydrogens is 346 g/mol. The van der Waals surface area contributed by atoms with Crippen molar-refractivity contribution in [1.82, 2.24) is 9.38 Å². The Balaban J connectivity index is 1.76. The van der Waals surface area contributed by atoms with Crippen molar-refractivity contribution in [1.29, 1.82) is 0 Å². The van der Waals surface area contributed by atoms with Crippen molar-refractivity contribution in [2.24, 2.45) is 0 Å². The number of nitrogens with one attached hydrogen (secondary N) is 1. The molecule has 1 fully saturated rings. The third-order valence-electron chi connectivity index (χ3n) is 6.02. The lowest BCUT2D eigenvalue weighted by molar-refractivity contribution is 0.0353. The largest absolute Gasteiger partial charge is 0.377 e. The number of fused-ring (bicyclic) bond motifs is 4. The Morgan fingerprint density at radius 1 is 1.27 bits per heavy atom. The molecule has 1 aromatic carbocycles. The van der Waals surface area contributed by atoms with E-state index in [1.807, 2.05) is 24.5 Å². The summed E-state index contributed by atoms with van der Waals surface area (Å²) in [7, 11) is 0. The van der Waals surface area contributed by atoms with Gasteiger partial charge in [-0.25, -0.2) is 4.98 Å². The molecule has 4 nitrogen and oxygen atoms in total. The van der Waals surface area contributed by atoms with Crippen LogP contribution in [0.15, 0.2) is 42.7 Å². The summed E-state index contributed by atoms with van der Waals surface area (Å²) < 4.78 is 8.24. The average Bonchev–Trinajstić information content (AvgIpc) is 3.21. The highest BCUT2D eigenvalue weighted by molar-refractivity contribution is 6.33. The molecule has 3 aromatic rings. The van der Waals surface area contributed by atoms with E-state index in [0.717, 1.165) is 40.6 Å². The van der Waals surface area contributed by atoms with Gasteiger partial charge >= 0.3 is 0 Å². The lowest BCUT2D eigenvalue weighted by Crippen LogP contribution is -2.56. The molecule has 26 heavy (non-hydrogen) atoms. The van der Waals surface area contributed by atoms with Gasteiger partial charge in [-0.15, -0.1) is 0 Å². The number of pyridine rings is 1. The fraction of sp³-hybridized carbons (Fsp3) is 0.381. The second kappa shape index (κ2) is 5.24. The molecule has 5 rings (SSSR count). The van der Waals surface area contributed by atoms with Crippen molar-refractivity contribution in [2.75, 3.05) is 11.9 Å². The first-order valence-corrected chi connectivity index (χ1v) is 9.44. The van der Waals surface area contributed by atoms with Crippen LogP contribution in [-0.2, 0) is 10.2 Å². The quantitative estimate of drug-likeness (QED) is 0.664. The lowest BCUT2D eigenvalue weighted by Gasteiger charge is -2.48. The average molecular weight is 368 g/mol. The Kier molecular flexibility index (Phi) is 3.26. The highest BCUT2D eigenvalue weighted by Gasteiger charge is 2.53. The first-order valence-electron chi connectivity index (χ1n) is 9.06. The van der Waals surface area contributed by atoms with Crippen LogP contribution in [-0.4, -0.2) is 27.6 Å². The number of benzene rings is 1. The number of imidazole rings is 1. The number of ether oxygens (including phenoxy) is 1. The predicted octanol–water partition coefficient (Wildman–Crippen LogP) is 4.91. The van der Waals surface area contributed by atoms with Crippen molar-refractivity contribution in [3.63, 3.8) is 0 Å². The summed E-state index contributed by atoms with van der Waals surface area (Å²) in [6.45, 7) is 7.53. The predicted molar refractivity (Wildman–Crippen MR) is 105 cm³/mol. The van der Waals surface area contributed by atoms with E-state index in [9.17, 15) is 0 Å². The standard InChI is InChI=1S/C21H22ClN3O/c1-20(2)19-21(3,7-10-26-19)14-11-13(15(22)12-16(14)24-20)17-5-4-6-18-23-8-9-25(17)18/h4-6,8-9,11-12,19,24H,7,10H2,1-3H3. The maximum atomic E-state index is 6.74. The van der Waals surface area contributed by atoms with E-state index in [-0.39, 0.29) is 17.1 Å². The smallest absolute Gasteiger partial charge is 0.137 e. The number of rotatable bonds is 1. The van der Waals surface area contributed by atoms with Gasteiger partial charge in [-0.1, -0.05) is 24.6 Å². The van der Waals surface area contributed by atoms with E-state index in [1.165, 1.54) is 5.56 Å². The molecule has 0 aliphatic carbocycles. The van der Waals surface area contributed by atoms with E-state index < -0.39 is 0 Å². The van der Waals surface area contributed by atoms with Crippen LogP contribution in [0.4, 0.5) is 5.69 Å². The van der Waals surface area contributed by atoms with Gasteiger partial charge in [-0.2, -0.15) is 0 Å². The summed E-state index contributed by atoms with van der Waals surface area (Å²) in [4.78, 5) is 4.40. The van der Waals surface area contributed by atoms with E-state index in [2.05, 4.69) is 53.7 Å². The first-order chi connectivity index (χ1) is 12.4. The van der Waals surface area contributed by atoms with Crippen molar-refractivity contribution < 1.29 is 4.74 Å². The van der Waals surface area contributed by atoms with E-state index in [4.69, 9.17) is 16.3 Å². The number of anilines is 1. The number of aromatic nitrogens is 2. The fourth-order valence-corrected chi connectivity index (χ4v) is 5.17. The van der Waals surface area contributed by atoms with Gasteiger partial charge in [0.15, 0.2) is 0 Å². The SMILES string of the molecule is CC1(C)Nc2cc(Cl)c(-c3cccc4nccn34)cc2C2(C)CCOC12. The molecule has 2 aliphatic rings. The minimum atomic E-state index is -0.131. The molecule has 2 aliphatic heterocycles. The minimum absolute atomic E-state index is 0.0216. The monoisotopic (exact) mass is 367 g/mol. The number of halogens is 1. The van der Waals surface area contributed by atoms with Crippen LogP contribution in [0.25, 0.3) is 16.9 Å². The molecule has 1 saturated heterocycles. The molecule has 0 amide bonds. The van der Waals surface area contributed by atoms with Crippen LogP contribution < -0.4 is 5.32 Å². The molecule has 2 atom stereocenters. The second-order valence-corrected chi connectivity index (χ2v) is 8.62. The summed E-state index contributed by atoms with van der Waals surface area (Å²) in [6, 6.07) is 10.4. The Hall–Kier alpha value is -2.04. The van der Waals surface area contributed by atoms with Crippen LogP contribution in [0.5, 0.6) is 0 Å². The van der Waals surface area contributed by atoms with Gasteiger partial charge < -0.3 is 10.1 Å². The van der Waals surface area contributed by atoms with Gasteiger partial charge in [-0.3, -0.25) is 4.40 Å². The molecule has 0 saturated carbocycles. The third kappa shape index (κ3) is 2.09. The Morgan fingerprint density at radius 3 is 2.96 bits per heavy atom. The minimum Gasteiger partial charge on any atom is -0.377 e. The maximum Gasteiger partial charge on any atom is 0.137 e. The normalized spacial score (nSPS) is 26.4. The van der Waals surface area contributed by atoms with E-state index in [0.29, 0.717) is 0 Å². The van der Waals surface area contributed by atoms with Crippen molar-refractivity contribution in [2.45, 2.75) is 44.2 Å². The van der Waals surface area contributed by atoms with Gasteiger partial charge in [0.05, 0.1) is 22.4 Å². The molecule has 5 heteroatoms. The Morgan fingerprint density at radius 2 is 2.12 bits per heavy atom. The maximum absolute atomic E-state index is 6.74. The molecule has 2 aromatic heterocycles. The summed E-state index contributed by atoms with van der Waals surface area (Å²) in [6.07, 6.45) is 4.95. The zero-order chi connectivity index (χ0) is 18.1. The zero-order valence-corrected chi connectivity index (χ0v) is 16.0. The van der Waals surface area contributed by atoms with Gasteiger partial charge in [0, 0.05) is 35.7 Å². The number of hydrogen-bond acceptors (Lipinski definition) is 3. The number of hydrogen-bond donors (Lipinski definition) is 1. The lowest BCUT2D eigenvalue weighted by atomic mass is 9.67.